The average Bonchev–Trinajstić information content (AvgIpc) is 2.74. The Morgan fingerprint density at radius 3 is 2.00 bits per heavy atom. The number of carbonyl (C=O) groups excluding carboxylic acids is 1. The van der Waals surface area contributed by atoms with Crippen molar-refractivity contribution in [3.05, 3.63) is 0 Å². The van der Waals surface area contributed by atoms with Crippen LogP contribution in [-0.2, 0) is 4.79 Å². The Balaban J connectivity index is 1.34. The van der Waals surface area contributed by atoms with E-state index in [1.54, 1.807) is 0 Å². The summed E-state index contributed by atoms with van der Waals surface area (Å²) < 4.78 is 0. The van der Waals surface area contributed by atoms with Crippen molar-refractivity contribution < 1.29 is 4.79 Å². The van der Waals surface area contributed by atoms with Gasteiger partial charge in [0.2, 0.25) is 5.91 Å². The number of carbonyl (C=O) groups is 1. The van der Waals surface area contributed by atoms with Crippen molar-refractivity contribution in [3.8, 4) is 0 Å². The molecule has 0 radical (unpaired) electrons. The summed E-state index contributed by atoms with van der Waals surface area (Å²) in [5.74, 6) is 3.17. The van der Waals surface area contributed by atoms with E-state index < -0.39 is 0 Å². The number of piperidine rings is 3. The molecule has 0 N–H and O–H groups in total. The van der Waals surface area contributed by atoms with Crippen LogP contribution in [0.2, 0.25) is 0 Å². The van der Waals surface area contributed by atoms with Crippen molar-refractivity contribution in [1.29, 1.82) is 0 Å². The highest BCUT2D eigenvalue weighted by molar-refractivity contribution is 5.78. The maximum atomic E-state index is 12.4. The van der Waals surface area contributed by atoms with Gasteiger partial charge in [-0.25, -0.2) is 0 Å². The van der Waals surface area contributed by atoms with E-state index in [9.17, 15) is 4.79 Å². The normalized spacial score (nSPS) is 26.1. The topological polar surface area (TPSA) is 26.8 Å². The quantitative estimate of drug-likeness (QED) is 0.682. The molecule has 4 nitrogen and oxygen atoms in total. The maximum absolute atomic E-state index is 12.4. The predicted octanol–water partition coefficient (Wildman–Crippen LogP) is 4.10. The molecule has 0 aromatic heterocycles. The highest BCUT2D eigenvalue weighted by Crippen LogP contribution is 2.29. The van der Waals surface area contributed by atoms with Gasteiger partial charge in [0.25, 0.3) is 0 Å². The zero-order valence-corrected chi connectivity index (χ0v) is 19.0. The fourth-order valence-corrected chi connectivity index (χ4v) is 5.61. The molecule has 0 saturated carbocycles. The van der Waals surface area contributed by atoms with Crippen LogP contribution in [0.4, 0.5) is 0 Å². The zero-order chi connectivity index (χ0) is 20.1. The van der Waals surface area contributed by atoms with Crippen molar-refractivity contribution >= 4 is 5.91 Å². The number of amides is 1. The fraction of sp³-hybridized carbons (Fsp3) is 0.958. The van der Waals surface area contributed by atoms with Crippen molar-refractivity contribution in [1.82, 2.24) is 14.7 Å². The van der Waals surface area contributed by atoms with E-state index in [0.717, 1.165) is 43.3 Å². The monoisotopic (exact) mass is 391 g/mol. The Morgan fingerprint density at radius 1 is 0.857 bits per heavy atom. The first-order valence-electron chi connectivity index (χ1n) is 12.2. The molecular weight excluding hydrogens is 346 g/mol. The largest absolute Gasteiger partial charge is 0.342 e. The van der Waals surface area contributed by atoms with Crippen LogP contribution in [0.15, 0.2) is 0 Å². The van der Waals surface area contributed by atoms with E-state index in [1.807, 2.05) is 0 Å². The Morgan fingerprint density at radius 2 is 1.46 bits per heavy atom. The number of likely N-dealkylation sites (tertiary alicyclic amines) is 3. The van der Waals surface area contributed by atoms with Gasteiger partial charge in [0, 0.05) is 31.6 Å². The van der Waals surface area contributed by atoms with E-state index in [0.29, 0.717) is 5.91 Å². The minimum Gasteiger partial charge on any atom is -0.342 e. The SMILES string of the molecule is CCC(C)C(=O)N1CCC(CN2CCC(N3CCC(C(C)C)CC3)CC2)CC1. The fourth-order valence-electron chi connectivity index (χ4n) is 5.61. The van der Waals surface area contributed by atoms with Crippen LogP contribution < -0.4 is 0 Å². The lowest BCUT2D eigenvalue weighted by Gasteiger charge is -2.43. The van der Waals surface area contributed by atoms with Gasteiger partial charge in [0.1, 0.15) is 0 Å². The van der Waals surface area contributed by atoms with Crippen molar-refractivity contribution in [2.24, 2.45) is 23.7 Å². The third-order valence-electron chi connectivity index (χ3n) is 8.07. The number of hydrogen-bond donors (Lipinski definition) is 0. The van der Waals surface area contributed by atoms with Crippen molar-refractivity contribution in [3.63, 3.8) is 0 Å². The van der Waals surface area contributed by atoms with Crippen LogP contribution in [-0.4, -0.2) is 72.5 Å². The molecule has 1 atom stereocenters. The van der Waals surface area contributed by atoms with Gasteiger partial charge in [-0.05, 0) is 88.9 Å². The van der Waals surface area contributed by atoms with Crippen molar-refractivity contribution in [2.75, 3.05) is 45.8 Å². The van der Waals surface area contributed by atoms with E-state index in [-0.39, 0.29) is 5.92 Å². The average molecular weight is 392 g/mol. The maximum Gasteiger partial charge on any atom is 0.225 e. The van der Waals surface area contributed by atoms with Crippen LogP contribution >= 0.6 is 0 Å². The Labute approximate surface area is 174 Å². The minimum atomic E-state index is 0.196. The summed E-state index contributed by atoms with van der Waals surface area (Å²) in [5.41, 5.74) is 0. The predicted molar refractivity (Wildman–Crippen MR) is 117 cm³/mol. The third-order valence-corrected chi connectivity index (χ3v) is 8.07. The number of hydrogen-bond acceptors (Lipinski definition) is 3. The third kappa shape index (κ3) is 5.72. The van der Waals surface area contributed by atoms with E-state index >= 15 is 0 Å². The molecule has 3 fully saturated rings. The van der Waals surface area contributed by atoms with Crippen LogP contribution in [0, 0.1) is 23.7 Å². The van der Waals surface area contributed by atoms with E-state index in [1.165, 1.54) is 71.2 Å². The molecule has 162 valence electrons. The Bertz CT molecular complexity index is 470. The second kappa shape index (κ2) is 10.4. The summed E-state index contributed by atoms with van der Waals surface area (Å²) in [6, 6.07) is 0.833. The molecule has 3 aliphatic heterocycles. The van der Waals surface area contributed by atoms with Gasteiger partial charge in [0.05, 0.1) is 0 Å². The van der Waals surface area contributed by atoms with Gasteiger partial charge >= 0.3 is 0 Å². The molecule has 3 heterocycles. The molecule has 0 aromatic rings. The molecule has 4 heteroatoms. The molecule has 0 bridgehead atoms. The second-order valence-electron chi connectivity index (χ2n) is 10.2. The summed E-state index contributed by atoms with van der Waals surface area (Å²) in [5, 5.41) is 0. The molecule has 3 saturated heterocycles. The van der Waals surface area contributed by atoms with E-state index in [4.69, 9.17) is 0 Å². The van der Waals surface area contributed by atoms with Gasteiger partial charge in [-0.3, -0.25) is 4.79 Å². The molecule has 28 heavy (non-hydrogen) atoms. The van der Waals surface area contributed by atoms with Gasteiger partial charge < -0.3 is 14.7 Å². The summed E-state index contributed by atoms with van der Waals surface area (Å²) in [6.07, 6.45) is 8.89. The minimum absolute atomic E-state index is 0.196. The first-order valence-corrected chi connectivity index (χ1v) is 12.2. The second-order valence-corrected chi connectivity index (χ2v) is 10.2. The molecule has 0 aromatic carbocycles. The summed E-state index contributed by atoms with van der Waals surface area (Å²) in [4.78, 5) is 20.0. The smallest absolute Gasteiger partial charge is 0.225 e. The van der Waals surface area contributed by atoms with Gasteiger partial charge in [0.15, 0.2) is 0 Å². The number of rotatable bonds is 6. The Hall–Kier alpha value is -0.610. The van der Waals surface area contributed by atoms with Gasteiger partial charge in [-0.1, -0.05) is 27.7 Å². The lowest BCUT2D eigenvalue weighted by Crippen LogP contribution is -2.49. The lowest BCUT2D eigenvalue weighted by molar-refractivity contribution is -0.136. The van der Waals surface area contributed by atoms with Crippen LogP contribution in [0.5, 0.6) is 0 Å². The highest BCUT2D eigenvalue weighted by Gasteiger charge is 2.31. The van der Waals surface area contributed by atoms with Crippen LogP contribution in [0.3, 0.4) is 0 Å². The zero-order valence-electron chi connectivity index (χ0n) is 19.0. The molecule has 0 spiro atoms. The first kappa shape index (κ1) is 22.1. The molecular formula is C24H45N3O. The molecule has 0 aliphatic carbocycles. The standard InChI is InChI=1S/C24H45N3O/c1-5-20(4)24(28)27-14-6-21(7-15-27)18-25-12-10-23(11-13-25)26-16-8-22(9-17-26)19(2)3/h19-23H,5-18H2,1-4H3. The van der Waals surface area contributed by atoms with Crippen molar-refractivity contribution in [2.45, 2.75) is 78.7 Å². The van der Waals surface area contributed by atoms with Crippen LogP contribution in [0.25, 0.3) is 0 Å². The molecule has 1 amide bonds. The number of nitrogens with zero attached hydrogens (tertiary/aromatic N) is 3. The highest BCUT2D eigenvalue weighted by atomic mass is 16.2. The Kier molecular flexibility index (Phi) is 8.22. The van der Waals surface area contributed by atoms with Gasteiger partial charge in [-0.2, -0.15) is 0 Å². The van der Waals surface area contributed by atoms with Gasteiger partial charge in [-0.15, -0.1) is 0 Å². The summed E-state index contributed by atoms with van der Waals surface area (Å²) in [7, 11) is 0. The lowest BCUT2D eigenvalue weighted by atomic mass is 9.85. The van der Waals surface area contributed by atoms with E-state index in [2.05, 4.69) is 42.4 Å². The summed E-state index contributed by atoms with van der Waals surface area (Å²) >= 11 is 0. The summed E-state index contributed by atoms with van der Waals surface area (Å²) in [6.45, 7) is 17.4. The molecule has 3 rings (SSSR count). The molecule has 3 aliphatic rings. The molecule has 1 unspecified atom stereocenters. The first-order chi connectivity index (χ1) is 13.5. The van der Waals surface area contributed by atoms with Crippen LogP contribution in [0.1, 0.15) is 72.6 Å².